The van der Waals surface area contributed by atoms with Crippen LogP contribution >= 0.6 is 0 Å². The summed E-state index contributed by atoms with van der Waals surface area (Å²) in [6.45, 7) is 4.11. The van der Waals surface area contributed by atoms with E-state index < -0.39 is 23.5 Å². The van der Waals surface area contributed by atoms with Crippen molar-refractivity contribution in [2.75, 3.05) is 19.0 Å². The third-order valence-electron chi connectivity index (χ3n) is 5.36. The molecule has 0 radical (unpaired) electrons. The van der Waals surface area contributed by atoms with Gasteiger partial charge in [0.05, 0.1) is 13.3 Å². The van der Waals surface area contributed by atoms with Crippen LogP contribution in [0.1, 0.15) is 36.5 Å². The number of nitrogens with zero attached hydrogens (tertiary/aromatic N) is 1. The molecule has 10 heteroatoms. The van der Waals surface area contributed by atoms with Crippen molar-refractivity contribution in [2.24, 2.45) is 5.10 Å². The number of methoxy groups -OCH3 is 1. The number of hydrogen-bond acceptors (Lipinski definition) is 6. The van der Waals surface area contributed by atoms with E-state index >= 15 is 0 Å². The van der Waals surface area contributed by atoms with Crippen molar-refractivity contribution >= 4 is 29.6 Å². The number of carbonyl (C=O) groups excluding carboxylic acids is 3. The molecule has 0 heterocycles. The summed E-state index contributed by atoms with van der Waals surface area (Å²) in [6.07, 6.45) is 1.34. The second-order valence-electron chi connectivity index (χ2n) is 8.53. The van der Waals surface area contributed by atoms with E-state index in [1.807, 2.05) is 24.3 Å². The molecule has 0 saturated carbocycles. The summed E-state index contributed by atoms with van der Waals surface area (Å²) in [5, 5.41) is 8.95. The van der Waals surface area contributed by atoms with Gasteiger partial charge in [-0.05, 0) is 65.1 Å². The minimum Gasteiger partial charge on any atom is -0.493 e. The Labute approximate surface area is 220 Å². The van der Waals surface area contributed by atoms with Crippen LogP contribution in [0.25, 0.3) is 0 Å². The molecule has 0 bridgehead atoms. The zero-order valence-corrected chi connectivity index (χ0v) is 21.3. The monoisotopic (exact) mass is 520 g/mol. The van der Waals surface area contributed by atoms with Crippen LogP contribution in [0.15, 0.2) is 71.8 Å². The minimum absolute atomic E-state index is 0.217. The average molecular weight is 521 g/mol. The summed E-state index contributed by atoms with van der Waals surface area (Å²) >= 11 is 0. The van der Waals surface area contributed by atoms with Crippen LogP contribution in [0.2, 0.25) is 0 Å². The number of halogens is 1. The molecule has 3 N–H and O–H groups in total. The number of nitrogens with one attached hydrogen (secondary N) is 3. The van der Waals surface area contributed by atoms with Crippen molar-refractivity contribution in [3.63, 3.8) is 0 Å². The van der Waals surface area contributed by atoms with E-state index in [0.717, 1.165) is 5.56 Å². The molecular weight excluding hydrogens is 491 g/mol. The number of ether oxygens (including phenoxy) is 2. The standard InChI is InChI=1S/C28H29FN4O5/c1-18(2)21-7-4-19(5-8-21)15-30-27(35)28(36)33-31-16-20-6-13-24(25(14-20)37-3)38-17-26(34)32-23-11-9-22(29)10-12-23/h4-14,16,18H,15,17H2,1-3H3,(H,30,35)(H,32,34)(H,33,36)/b31-16-. The molecule has 3 rings (SSSR count). The average Bonchev–Trinajstić information content (AvgIpc) is 2.92. The summed E-state index contributed by atoms with van der Waals surface area (Å²) in [5.41, 5.74) is 5.24. The Morgan fingerprint density at radius 1 is 0.947 bits per heavy atom. The predicted octanol–water partition coefficient (Wildman–Crippen LogP) is 3.74. The van der Waals surface area contributed by atoms with Crippen LogP contribution in [0.3, 0.4) is 0 Å². The molecule has 0 aliphatic rings. The molecule has 0 aliphatic heterocycles. The van der Waals surface area contributed by atoms with Gasteiger partial charge in [-0.3, -0.25) is 14.4 Å². The van der Waals surface area contributed by atoms with E-state index in [1.165, 1.54) is 43.2 Å². The second kappa shape index (κ2) is 13.5. The van der Waals surface area contributed by atoms with E-state index in [4.69, 9.17) is 9.47 Å². The maximum atomic E-state index is 13.0. The van der Waals surface area contributed by atoms with Gasteiger partial charge in [0.2, 0.25) is 0 Å². The highest BCUT2D eigenvalue weighted by Gasteiger charge is 2.13. The maximum Gasteiger partial charge on any atom is 0.329 e. The van der Waals surface area contributed by atoms with Crippen molar-refractivity contribution < 1.29 is 28.2 Å². The van der Waals surface area contributed by atoms with Gasteiger partial charge in [-0.2, -0.15) is 5.10 Å². The van der Waals surface area contributed by atoms with E-state index in [-0.39, 0.29) is 13.2 Å². The highest BCUT2D eigenvalue weighted by molar-refractivity contribution is 6.35. The van der Waals surface area contributed by atoms with Gasteiger partial charge in [-0.25, -0.2) is 9.82 Å². The Morgan fingerprint density at radius 3 is 2.32 bits per heavy atom. The van der Waals surface area contributed by atoms with Crippen LogP contribution in [-0.2, 0) is 20.9 Å². The van der Waals surface area contributed by atoms with Crippen molar-refractivity contribution in [1.82, 2.24) is 10.7 Å². The molecule has 198 valence electrons. The van der Waals surface area contributed by atoms with Crippen molar-refractivity contribution in [3.8, 4) is 11.5 Å². The van der Waals surface area contributed by atoms with Crippen LogP contribution in [0, 0.1) is 5.82 Å². The Kier molecular flexibility index (Phi) is 9.93. The van der Waals surface area contributed by atoms with Crippen LogP contribution in [0.4, 0.5) is 10.1 Å². The van der Waals surface area contributed by atoms with E-state index in [0.29, 0.717) is 28.7 Å². The normalized spacial score (nSPS) is 10.8. The lowest BCUT2D eigenvalue weighted by molar-refractivity contribution is -0.139. The van der Waals surface area contributed by atoms with E-state index in [2.05, 4.69) is 35.0 Å². The summed E-state index contributed by atoms with van der Waals surface area (Å²) in [5.74, 6) is -1.50. The van der Waals surface area contributed by atoms with E-state index in [9.17, 15) is 18.8 Å². The largest absolute Gasteiger partial charge is 0.493 e. The summed E-state index contributed by atoms with van der Waals surface area (Å²) in [7, 11) is 1.43. The fraction of sp³-hybridized carbons (Fsp3) is 0.214. The van der Waals surface area contributed by atoms with Gasteiger partial charge in [-0.15, -0.1) is 0 Å². The van der Waals surface area contributed by atoms with Gasteiger partial charge < -0.3 is 20.1 Å². The number of hydrogen-bond donors (Lipinski definition) is 3. The lowest BCUT2D eigenvalue weighted by atomic mass is 10.0. The van der Waals surface area contributed by atoms with Gasteiger partial charge >= 0.3 is 11.8 Å². The SMILES string of the molecule is COc1cc(/C=N\NC(=O)C(=O)NCc2ccc(C(C)C)cc2)ccc1OCC(=O)Nc1ccc(F)cc1. The summed E-state index contributed by atoms with van der Waals surface area (Å²) in [4.78, 5) is 36.2. The van der Waals surface area contributed by atoms with Gasteiger partial charge in [-0.1, -0.05) is 38.1 Å². The Bertz CT molecular complexity index is 1290. The fourth-order valence-corrected chi connectivity index (χ4v) is 3.26. The van der Waals surface area contributed by atoms with Gasteiger partial charge in [0.1, 0.15) is 5.82 Å². The molecular formula is C28H29FN4O5. The highest BCUT2D eigenvalue weighted by atomic mass is 19.1. The van der Waals surface area contributed by atoms with Gasteiger partial charge in [0, 0.05) is 12.2 Å². The molecule has 0 aliphatic carbocycles. The molecule has 0 fully saturated rings. The van der Waals surface area contributed by atoms with Crippen molar-refractivity contribution in [2.45, 2.75) is 26.3 Å². The number of carbonyl (C=O) groups is 3. The third-order valence-corrected chi connectivity index (χ3v) is 5.36. The first kappa shape index (κ1) is 27.9. The zero-order valence-electron chi connectivity index (χ0n) is 21.3. The summed E-state index contributed by atoms with van der Waals surface area (Å²) in [6, 6.07) is 17.9. The minimum atomic E-state index is -0.904. The summed E-state index contributed by atoms with van der Waals surface area (Å²) < 4.78 is 23.8. The number of hydrazone groups is 1. The number of rotatable bonds is 10. The van der Waals surface area contributed by atoms with Crippen molar-refractivity contribution in [1.29, 1.82) is 0 Å². The van der Waals surface area contributed by atoms with Gasteiger partial charge in [0.15, 0.2) is 18.1 Å². The first-order chi connectivity index (χ1) is 18.2. The lowest BCUT2D eigenvalue weighted by Crippen LogP contribution is -2.37. The molecule has 9 nitrogen and oxygen atoms in total. The maximum absolute atomic E-state index is 13.0. The number of amides is 3. The topological polar surface area (TPSA) is 118 Å². The molecule has 0 spiro atoms. The Balaban J connectivity index is 1.47. The molecule has 0 atom stereocenters. The second-order valence-corrected chi connectivity index (χ2v) is 8.53. The highest BCUT2D eigenvalue weighted by Crippen LogP contribution is 2.27. The smallest absolute Gasteiger partial charge is 0.329 e. The molecule has 0 unspecified atom stereocenters. The zero-order chi connectivity index (χ0) is 27.5. The molecule has 3 aromatic carbocycles. The van der Waals surface area contributed by atoms with Crippen LogP contribution < -0.4 is 25.5 Å². The third kappa shape index (κ3) is 8.44. The molecule has 38 heavy (non-hydrogen) atoms. The van der Waals surface area contributed by atoms with Crippen LogP contribution in [-0.4, -0.2) is 37.7 Å². The van der Waals surface area contributed by atoms with Crippen LogP contribution in [0.5, 0.6) is 11.5 Å². The first-order valence-electron chi connectivity index (χ1n) is 11.8. The van der Waals surface area contributed by atoms with Gasteiger partial charge in [0.25, 0.3) is 5.91 Å². The molecule has 3 aromatic rings. The molecule has 0 saturated heterocycles. The molecule has 0 aromatic heterocycles. The van der Waals surface area contributed by atoms with E-state index in [1.54, 1.807) is 18.2 Å². The number of benzene rings is 3. The quantitative estimate of drug-likeness (QED) is 0.214. The Hall–Kier alpha value is -4.73. The fourth-order valence-electron chi connectivity index (χ4n) is 3.26. The molecule has 3 amide bonds. The first-order valence-corrected chi connectivity index (χ1v) is 11.8. The van der Waals surface area contributed by atoms with Crippen molar-refractivity contribution in [3.05, 3.63) is 89.2 Å². The Morgan fingerprint density at radius 2 is 1.66 bits per heavy atom. The predicted molar refractivity (Wildman–Crippen MR) is 142 cm³/mol. The lowest BCUT2D eigenvalue weighted by Gasteiger charge is -2.11. The number of anilines is 1.